The Balaban J connectivity index is 1.79. The third-order valence-electron chi connectivity index (χ3n) is 3.68. The van der Waals surface area contributed by atoms with Gasteiger partial charge in [-0.1, -0.05) is 24.3 Å². The fraction of sp³-hybridized carbons (Fsp3) is 0.316. The summed E-state index contributed by atoms with van der Waals surface area (Å²) in [5, 5.41) is 11.0. The molecular weight excluding hydrogens is 366 g/mol. The van der Waals surface area contributed by atoms with Crippen LogP contribution in [-0.4, -0.2) is 33.5 Å². The fourth-order valence-electron chi connectivity index (χ4n) is 2.40. The van der Waals surface area contributed by atoms with E-state index >= 15 is 0 Å². The number of nitrogens with one attached hydrogen (secondary N) is 2. The Bertz CT molecular complexity index is 865. The summed E-state index contributed by atoms with van der Waals surface area (Å²) in [6.45, 7) is 4.46. The molecule has 0 heterocycles. The summed E-state index contributed by atoms with van der Waals surface area (Å²) in [6, 6.07) is 13.7. The van der Waals surface area contributed by atoms with Crippen LogP contribution in [0.2, 0.25) is 0 Å². The number of nitrogens with two attached hydrogens (primary N) is 1. The lowest BCUT2D eigenvalue weighted by Crippen LogP contribution is -2.31. The normalized spacial score (nSPS) is 11.3. The molecule has 7 nitrogen and oxygen atoms in total. The Morgan fingerprint density at radius 2 is 1.78 bits per heavy atom. The molecule has 0 bridgehead atoms. The topological polar surface area (TPSA) is 111 Å². The molecular formula is C19H25N3O4S. The number of rotatable bonds is 9. The number of para-hydroxylation sites is 2. The molecule has 0 aliphatic rings. The van der Waals surface area contributed by atoms with Crippen LogP contribution in [0, 0.1) is 0 Å². The van der Waals surface area contributed by atoms with E-state index in [1.54, 1.807) is 12.1 Å². The summed E-state index contributed by atoms with van der Waals surface area (Å²) < 4.78 is 28.2. The number of benzene rings is 2. The summed E-state index contributed by atoms with van der Waals surface area (Å²) in [7, 11) is -3.69. The van der Waals surface area contributed by atoms with Gasteiger partial charge in [-0.25, -0.2) is 13.6 Å². The molecule has 0 saturated carbocycles. The highest BCUT2D eigenvalue weighted by atomic mass is 32.2. The van der Waals surface area contributed by atoms with Crippen molar-refractivity contribution < 1.29 is 17.9 Å². The van der Waals surface area contributed by atoms with Gasteiger partial charge in [0.05, 0.1) is 23.2 Å². The van der Waals surface area contributed by atoms with Gasteiger partial charge < -0.3 is 15.4 Å². The maximum absolute atomic E-state index is 12.0. The SMILES string of the molecule is CC(C)Oc1ccccc1NCC(=O)NCCc1ccc(S(N)(=O)=O)cc1. The van der Waals surface area contributed by atoms with E-state index in [1.165, 1.54) is 12.1 Å². The van der Waals surface area contributed by atoms with Gasteiger partial charge in [0.2, 0.25) is 15.9 Å². The second-order valence-corrected chi connectivity index (χ2v) is 7.87. The smallest absolute Gasteiger partial charge is 0.239 e. The number of hydrogen-bond donors (Lipinski definition) is 3. The van der Waals surface area contributed by atoms with Crippen LogP contribution in [0.4, 0.5) is 5.69 Å². The molecule has 2 aromatic carbocycles. The molecule has 0 aliphatic heterocycles. The number of amides is 1. The number of ether oxygens (including phenoxy) is 1. The first kappa shape index (κ1) is 20.7. The lowest BCUT2D eigenvalue weighted by Gasteiger charge is -2.15. The van der Waals surface area contributed by atoms with Gasteiger partial charge in [0.15, 0.2) is 0 Å². The molecule has 8 heteroatoms. The molecule has 2 aromatic rings. The van der Waals surface area contributed by atoms with Crippen LogP contribution in [0.1, 0.15) is 19.4 Å². The number of sulfonamides is 1. The van der Waals surface area contributed by atoms with E-state index in [1.807, 2.05) is 38.1 Å². The van der Waals surface area contributed by atoms with Crippen molar-refractivity contribution in [2.24, 2.45) is 5.14 Å². The van der Waals surface area contributed by atoms with Crippen LogP contribution < -0.4 is 20.5 Å². The molecule has 146 valence electrons. The summed E-state index contributed by atoms with van der Waals surface area (Å²) in [4.78, 5) is 12.1. The van der Waals surface area contributed by atoms with Crippen LogP contribution >= 0.6 is 0 Å². The van der Waals surface area contributed by atoms with E-state index in [-0.39, 0.29) is 23.5 Å². The zero-order valence-electron chi connectivity index (χ0n) is 15.4. The Morgan fingerprint density at radius 3 is 2.41 bits per heavy atom. The summed E-state index contributed by atoms with van der Waals surface area (Å²) >= 11 is 0. The molecule has 0 saturated heterocycles. The second-order valence-electron chi connectivity index (χ2n) is 6.31. The van der Waals surface area contributed by atoms with Crippen molar-refractivity contribution in [3.63, 3.8) is 0 Å². The second kappa shape index (κ2) is 9.38. The number of carbonyl (C=O) groups is 1. The van der Waals surface area contributed by atoms with Crippen molar-refractivity contribution in [1.82, 2.24) is 5.32 Å². The predicted molar refractivity (Wildman–Crippen MR) is 105 cm³/mol. The third kappa shape index (κ3) is 6.92. The van der Waals surface area contributed by atoms with Crippen molar-refractivity contribution in [3.05, 3.63) is 54.1 Å². The molecule has 2 rings (SSSR count). The van der Waals surface area contributed by atoms with Crippen LogP contribution in [0.25, 0.3) is 0 Å². The Labute approximate surface area is 160 Å². The lowest BCUT2D eigenvalue weighted by molar-refractivity contribution is -0.119. The fourth-order valence-corrected chi connectivity index (χ4v) is 2.91. The monoisotopic (exact) mass is 391 g/mol. The molecule has 0 atom stereocenters. The van der Waals surface area contributed by atoms with Crippen LogP contribution in [0.5, 0.6) is 5.75 Å². The molecule has 0 unspecified atom stereocenters. The van der Waals surface area contributed by atoms with Crippen molar-refractivity contribution in [2.45, 2.75) is 31.3 Å². The first-order valence-electron chi connectivity index (χ1n) is 8.63. The van der Waals surface area contributed by atoms with E-state index in [4.69, 9.17) is 9.88 Å². The molecule has 27 heavy (non-hydrogen) atoms. The minimum Gasteiger partial charge on any atom is -0.489 e. The van der Waals surface area contributed by atoms with Crippen molar-refractivity contribution >= 4 is 21.6 Å². The molecule has 0 fully saturated rings. The van der Waals surface area contributed by atoms with Gasteiger partial charge in [0.25, 0.3) is 0 Å². The van der Waals surface area contributed by atoms with Gasteiger partial charge in [-0.15, -0.1) is 0 Å². The Morgan fingerprint density at radius 1 is 1.11 bits per heavy atom. The minimum absolute atomic E-state index is 0.0439. The summed E-state index contributed by atoms with van der Waals surface area (Å²) in [5.41, 5.74) is 1.67. The van der Waals surface area contributed by atoms with Gasteiger partial charge in [-0.2, -0.15) is 0 Å². The van der Waals surface area contributed by atoms with Gasteiger partial charge in [0.1, 0.15) is 5.75 Å². The maximum Gasteiger partial charge on any atom is 0.239 e. The molecule has 1 amide bonds. The van der Waals surface area contributed by atoms with Gasteiger partial charge in [0, 0.05) is 6.54 Å². The molecule has 4 N–H and O–H groups in total. The highest BCUT2D eigenvalue weighted by Crippen LogP contribution is 2.24. The quantitative estimate of drug-likeness (QED) is 0.605. The molecule has 0 aliphatic carbocycles. The molecule has 0 aromatic heterocycles. The van der Waals surface area contributed by atoms with E-state index < -0.39 is 10.0 Å². The maximum atomic E-state index is 12.0. The lowest BCUT2D eigenvalue weighted by atomic mass is 10.1. The zero-order chi connectivity index (χ0) is 19.9. The summed E-state index contributed by atoms with van der Waals surface area (Å²) in [5.74, 6) is 0.561. The van der Waals surface area contributed by atoms with Crippen molar-refractivity contribution in [1.29, 1.82) is 0 Å². The van der Waals surface area contributed by atoms with Crippen LogP contribution in [-0.2, 0) is 21.2 Å². The first-order valence-corrected chi connectivity index (χ1v) is 10.2. The van der Waals surface area contributed by atoms with E-state index in [9.17, 15) is 13.2 Å². The third-order valence-corrected chi connectivity index (χ3v) is 4.61. The highest BCUT2D eigenvalue weighted by Gasteiger charge is 2.08. The Kier molecular flexibility index (Phi) is 7.20. The zero-order valence-corrected chi connectivity index (χ0v) is 16.3. The summed E-state index contributed by atoms with van der Waals surface area (Å²) in [6.07, 6.45) is 0.631. The molecule has 0 radical (unpaired) electrons. The minimum atomic E-state index is -3.69. The standard InChI is InChI=1S/C19H25N3O4S/c1-14(2)26-18-6-4-3-5-17(18)22-13-19(23)21-12-11-15-7-9-16(10-8-15)27(20,24)25/h3-10,14,22H,11-13H2,1-2H3,(H,21,23)(H2,20,24,25). The van der Waals surface area contributed by atoms with E-state index in [2.05, 4.69) is 10.6 Å². The van der Waals surface area contributed by atoms with Gasteiger partial charge in [-0.3, -0.25) is 4.79 Å². The van der Waals surface area contributed by atoms with Crippen molar-refractivity contribution in [2.75, 3.05) is 18.4 Å². The first-order chi connectivity index (χ1) is 12.8. The largest absolute Gasteiger partial charge is 0.489 e. The number of anilines is 1. The average molecular weight is 391 g/mol. The average Bonchev–Trinajstić information content (AvgIpc) is 2.60. The number of hydrogen-bond acceptors (Lipinski definition) is 5. The van der Waals surface area contributed by atoms with E-state index in [0.29, 0.717) is 18.7 Å². The van der Waals surface area contributed by atoms with Crippen LogP contribution in [0.15, 0.2) is 53.4 Å². The van der Waals surface area contributed by atoms with Gasteiger partial charge in [-0.05, 0) is 50.1 Å². The number of primary sulfonamides is 1. The molecule has 0 spiro atoms. The predicted octanol–water partition coefficient (Wildman–Crippen LogP) is 1.89. The highest BCUT2D eigenvalue weighted by molar-refractivity contribution is 7.89. The van der Waals surface area contributed by atoms with Crippen molar-refractivity contribution in [3.8, 4) is 5.75 Å². The van der Waals surface area contributed by atoms with E-state index in [0.717, 1.165) is 11.3 Å². The Hall–Kier alpha value is -2.58. The van der Waals surface area contributed by atoms with Crippen LogP contribution in [0.3, 0.4) is 0 Å². The number of carbonyl (C=O) groups excluding carboxylic acids is 1. The van der Waals surface area contributed by atoms with Gasteiger partial charge >= 0.3 is 0 Å².